The molecule has 0 bridgehead atoms. The van der Waals surface area contributed by atoms with Crippen LogP contribution in [-0.4, -0.2) is 22.1 Å². The fraction of sp³-hybridized carbons (Fsp3) is 0.182. The number of thioether (sulfide) groups is 1. The molecule has 0 spiro atoms. The molecule has 0 aliphatic carbocycles. The largest absolute Gasteiger partial charge is 0.306 e. The number of nitrogens with zero attached hydrogens (tertiary/aromatic N) is 1. The first-order valence-electron chi connectivity index (χ1n) is 4.34. The second-order valence-corrected chi connectivity index (χ2v) is 3.73. The minimum absolute atomic E-state index is 0.0827. The summed E-state index contributed by atoms with van der Waals surface area (Å²) in [6.45, 7) is -0.0827. The molecule has 0 aromatic heterocycles. The molecular formula is C11H11NO2S. The Morgan fingerprint density at radius 2 is 2.13 bits per heavy atom. The lowest BCUT2D eigenvalue weighted by Crippen LogP contribution is -2.23. The molecule has 78 valence electrons. The summed E-state index contributed by atoms with van der Waals surface area (Å²) < 4.78 is 0. The summed E-state index contributed by atoms with van der Waals surface area (Å²) in [6.07, 6.45) is 4.96. The van der Waals surface area contributed by atoms with Crippen LogP contribution < -0.4 is 0 Å². The number of hydrogen-bond donors (Lipinski definition) is 1. The van der Waals surface area contributed by atoms with Crippen molar-refractivity contribution >= 4 is 17.0 Å². The molecule has 4 heteroatoms. The number of rotatable bonds is 3. The molecule has 0 fully saturated rings. The van der Waals surface area contributed by atoms with Crippen LogP contribution in [0.1, 0.15) is 5.56 Å². The Morgan fingerprint density at radius 1 is 1.47 bits per heavy atom. The van der Waals surface area contributed by atoms with Gasteiger partial charge in [-0.25, -0.2) is 5.06 Å². The van der Waals surface area contributed by atoms with Gasteiger partial charge < -0.3 is 0 Å². The number of amides is 1. The zero-order valence-electron chi connectivity index (χ0n) is 8.09. The molecule has 0 saturated heterocycles. The van der Waals surface area contributed by atoms with Gasteiger partial charge >= 0.3 is 5.24 Å². The molecule has 0 unspecified atom stereocenters. The lowest BCUT2D eigenvalue weighted by Gasteiger charge is -2.10. The van der Waals surface area contributed by atoms with E-state index in [0.29, 0.717) is 10.8 Å². The number of benzene rings is 1. The molecule has 0 atom stereocenters. The van der Waals surface area contributed by atoms with E-state index in [1.54, 1.807) is 0 Å². The lowest BCUT2D eigenvalue weighted by atomic mass is 10.2. The Balaban J connectivity index is 2.38. The number of hydroxylamine groups is 2. The van der Waals surface area contributed by atoms with E-state index >= 15 is 0 Å². The fourth-order valence-corrected chi connectivity index (χ4v) is 1.64. The first-order valence-corrected chi connectivity index (χ1v) is 5.33. The highest BCUT2D eigenvalue weighted by molar-refractivity contribution is 8.12. The predicted octanol–water partition coefficient (Wildman–Crippen LogP) is 2.36. The van der Waals surface area contributed by atoms with Crippen LogP contribution in [0.15, 0.2) is 30.3 Å². The van der Waals surface area contributed by atoms with E-state index in [4.69, 9.17) is 11.6 Å². The monoisotopic (exact) mass is 221 g/mol. The maximum atomic E-state index is 11.2. The molecule has 0 aliphatic heterocycles. The highest BCUT2D eigenvalue weighted by Crippen LogP contribution is 2.14. The van der Waals surface area contributed by atoms with Crippen LogP contribution in [-0.2, 0) is 5.75 Å². The van der Waals surface area contributed by atoms with Crippen molar-refractivity contribution in [3.8, 4) is 12.3 Å². The van der Waals surface area contributed by atoms with Gasteiger partial charge in [0.15, 0.2) is 0 Å². The standard InChI is InChI=1S/C11H11NO2S/c1-2-8-12(14)11(13)15-9-10-6-4-3-5-7-10/h1,3-7,14H,8-9H2. The maximum Gasteiger partial charge on any atom is 0.306 e. The molecule has 3 nitrogen and oxygen atoms in total. The van der Waals surface area contributed by atoms with Crippen molar-refractivity contribution in [2.75, 3.05) is 6.54 Å². The van der Waals surface area contributed by atoms with Crippen molar-refractivity contribution in [2.45, 2.75) is 5.75 Å². The molecular weight excluding hydrogens is 210 g/mol. The Bertz CT molecular complexity index is 359. The van der Waals surface area contributed by atoms with Crippen molar-refractivity contribution < 1.29 is 10.0 Å². The average molecular weight is 221 g/mol. The van der Waals surface area contributed by atoms with Gasteiger partial charge in [0.25, 0.3) is 0 Å². The van der Waals surface area contributed by atoms with Gasteiger partial charge in [0.1, 0.15) is 6.54 Å². The summed E-state index contributed by atoms with van der Waals surface area (Å²) >= 11 is 1.02. The SMILES string of the molecule is C#CCN(O)C(=O)SCc1ccccc1. The lowest BCUT2D eigenvalue weighted by molar-refractivity contribution is -0.0186. The third-order valence-electron chi connectivity index (χ3n) is 1.66. The van der Waals surface area contributed by atoms with Crippen LogP contribution in [0, 0.1) is 12.3 Å². The molecule has 1 aromatic rings. The zero-order valence-corrected chi connectivity index (χ0v) is 8.91. The van der Waals surface area contributed by atoms with Gasteiger partial charge in [0, 0.05) is 5.75 Å². The van der Waals surface area contributed by atoms with Crippen molar-refractivity contribution in [3.63, 3.8) is 0 Å². The van der Waals surface area contributed by atoms with Gasteiger partial charge in [-0.1, -0.05) is 48.0 Å². The van der Waals surface area contributed by atoms with Crippen LogP contribution in [0.3, 0.4) is 0 Å². The Morgan fingerprint density at radius 3 is 2.73 bits per heavy atom. The van der Waals surface area contributed by atoms with E-state index in [1.807, 2.05) is 30.3 Å². The van der Waals surface area contributed by atoms with Crippen LogP contribution >= 0.6 is 11.8 Å². The summed E-state index contributed by atoms with van der Waals surface area (Å²) in [5, 5.41) is 9.22. The Labute approximate surface area is 93.0 Å². The van der Waals surface area contributed by atoms with Gasteiger partial charge in [-0.15, -0.1) is 6.42 Å². The number of hydrogen-bond acceptors (Lipinski definition) is 3. The van der Waals surface area contributed by atoms with E-state index in [2.05, 4.69) is 5.92 Å². The quantitative estimate of drug-likeness (QED) is 0.484. The van der Waals surface area contributed by atoms with E-state index in [0.717, 1.165) is 17.3 Å². The topological polar surface area (TPSA) is 40.5 Å². The molecule has 1 amide bonds. The normalized spacial score (nSPS) is 9.33. The fourth-order valence-electron chi connectivity index (χ4n) is 0.945. The highest BCUT2D eigenvalue weighted by atomic mass is 32.2. The van der Waals surface area contributed by atoms with Crippen molar-refractivity contribution in [1.29, 1.82) is 0 Å². The Kier molecular flexibility index (Phi) is 4.75. The van der Waals surface area contributed by atoms with Crippen molar-refractivity contribution in [3.05, 3.63) is 35.9 Å². The van der Waals surface area contributed by atoms with Crippen LogP contribution in [0.4, 0.5) is 4.79 Å². The minimum Gasteiger partial charge on any atom is -0.284 e. The van der Waals surface area contributed by atoms with E-state index < -0.39 is 5.24 Å². The van der Waals surface area contributed by atoms with Crippen molar-refractivity contribution in [2.24, 2.45) is 0 Å². The second kappa shape index (κ2) is 6.12. The van der Waals surface area contributed by atoms with Gasteiger partial charge in [0.2, 0.25) is 0 Å². The maximum absolute atomic E-state index is 11.2. The van der Waals surface area contributed by atoms with E-state index in [9.17, 15) is 4.79 Å². The zero-order chi connectivity index (χ0) is 11.1. The third kappa shape index (κ3) is 4.07. The van der Waals surface area contributed by atoms with Gasteiger partial charge in [0.05, 0.1) is 0 Å². The molecule has 1 rings (SSSR count). The van der Waals surface area contributed by atoms with Crippen LogP contribution in [0.5, 0.6) is 0 Å². The summed E-state index contributed by atoms with van der Waals surface area (Å²) in [5.41, 5.74) is 1.03. The van der Waals surface area contributed by atoms with Gasteiger partial charge in [-0.3, -0.25) is 10.0 Å². The minimum atomic E-state index is -0.434. The molecule has 0 radical (unpaired) electrons. The number of carbonyl (C=O) groups is 1. The van der Waals surface area contributed by atoms with Crippen LogP contribution in [0.25, 0.3) is 0 Å². The highest BCUT2D eigenvalue weighted by Gasteiger charge is 2.09. The first-order chi connectivity index (χ1) is 7.24. The first kappa shape index (κ1) is 11.6. The summed E-state index contributed by atoms with van der Waals surface area (Å²) in [5.74, 6) is 2.72. The number of terminal acetylenes is 1. The van der Waals surface area contributed by atoms with E-state index in [1.165, 1.54) is 0 Å². The summed E-state index contributed by atoms with van der Waals surface area (Å²) in [4.78, 5) is 11.2. The number of carbonyl (C=O) groups excluding carboxylic acids is 1. The van der Waals surface area contributed by atoms with Crippen molar-refractivity contribution in [1.82, 2.24) is 5.06 Å². The average Bonchev–Trinajstić information content (AvgIpc) is 2.27. The molecule has 1 aromatic carbocycles. The van der Waals surface area contributed by atoms with E-state index in [-0.39, 0.29) is 6.54 Å². The summed E-state index contributed by atoms with van der Waals surface area (Å²) in [6, 6.07) is 9.55. The van der Waals surface area contributed by atoms with Gasteiger partial charge in [-0.05, 0) is 5.56 Å². The van der Waals surface area contributed by atoms with Crippen LogP contribution in [0.2, 0.25) is 0 Å². The molecule has 0 aliphatic rings. The third-order valence-corrected chi connectivity index (χ3v) is 2.59. The Hall–Kier alpha value is -1.44. The molecule has 15 heavy (non-hydrogen) atoms. The van der Waals surface area contributed by atoms with Gasteiger partial charge in [-0.2, -0.15) is 0 Å². The molecule has 0 saturated carbocycles. The molecule has 0 heterocycles. The summed E-state index contributed by atoms with van der Waals surface area (Å²) in [7, 11) is 0. The second-order valence-electron chi connectivity index (χ2n) is 2.80. The molecule has 1 N–H and O–H groups in total. The smallest absolute Gasteiger partial charge is 0.284 e. The predicted molar refractivity (Wildman–Crippen MR) is 60.5 cm³/mol.